The average Bonchev–Trinajstić information content (AvgIpc) is 2.80. The highest BCUT2D eigenvalue weighted by Gasteiger charge is 2.27. The third kappa shape index (κ3) is 5.65. The van der Waals surface area contributed by atoms with Gasteiger partial charge in [0, 0.05) is 19.1 Å². The van der Waals surface area contributed by atoms with Crippen molar-refractivity contribution in [3.63, 3.8) is 0 Å². The van der Waals surface area contributed by atoms with E-state index in [9.17, 15) is 8.42 Å². The van der Waals surface area contributed by atoms with E-state index in [0.29, 0.717) is 18.9 Å². The summed E-state index contributed by atoms with van der Waals surface area (Å²) in [5, 5.41) is 3.01. The van der Waals surface area contributed by atoms with E-state index in [1.165, 1.54) is 0 Å². The van der Waals surface area contributed by atoms with Crippen molar-refractivity contribution < 1.29 is 13.2 Å². The summed E-state index contributed by atoms with van der Waals surface area (Å²) in [7, 11) is -1.24. The van der Waals surface area contributed by atoms with Gasteiger partial charge in [0.2, 0.25) is 10.0 Å². The van der Waals surface area contributed by atoms with Crippen LogP contribution in [0, 0.1) is 5.92 Å². The van der Waals surface area contributed by atoms with Crippen molar-refractivity contribution in [3.8, 4) is 0 Å². The average molecular weight is 278 g/mol. The second kappa shape index (κ2) is 8.09. The first-order chi connectivity index (χ1) is 8.59. The molecule has 1 aliphatic rings. The number of hydrogen-bond donors (Lipinski definition) is 2. The Bertz CT molecular complexity index is 319. The Labute approximate surface area is 111 Å². The minimum Gasteiger partial charge on any atom is -0.378 e. The molecule has 2 N–H and O–H groups in total. The molecule has 0 spiro atoms. The van der Waals surface area contributed by atoms with Crippen LogP contribution in [0.1, 0.15) is 32.6 Å². The van der Waals surface area contributed by atoms with Crippen LogP contribution in [0.15, 0.2) is 0 Å². The lowest BCUT2D eigenvalue weighted by molar-refractivity contribution is 0.0884. The Morgan fingerprint density at radius 2 is 2.11 bits per heavy atom. The third-order valence-corrected chi connectivity index (χ3v) is 4.84. The number of unbranched alkanes of at least 4 members (excludes halogenated alkanes) is 1. The van der Waals surface area contributed by atoms with Crippen molar-refractivity contribution in [1.82, 2.24) is 10.0 Å². The lowest BCUT2D eigenvalue weighted by Crippen LogP contribution is -2.34. The van der Waals surface area contributed by atoms with Gasteiger partial charge in [0.25, 0.3) is 0 Å². The lowest BCUT2D eigenvalue weighted by Gasteiger charge is -2.17. The highest BCUT2D eigenvalue weighted by molar-refractivity contribution is 7.89. The zero-order valence-electron chi connectivity index (χ0n) is 11.4. The summed E-state index contributed by atoms with van der Waals surface area (Å²) in [6.07, 6.45) is 3.72. The van der Waals surface area contributed by atoms with Crippen LogP contribution in [0.5, 0.6) is 0 Å². The number of hydrogen-bond acceptors (Lipinski definition) is 4. The molecular weight excluding hydrogens is 252 g/mol. The molecule has 1 fully saturated rings. The molecule has 1 saturated heterocycles. The van der Waals surface area contributed by atoms with E-state index < -0.39 is 10.0 Å². The van der Waals surface area contributed by atoms with Gasteiger partial charge in [-0.2, -0.15) is 0 Å². The number of sulfonamides is 1. The largest absolute Gasteiger partial charge is 0.378 e. The topological polar surface area (TPSA) is 67.4 Å². The zero-order valence-corrected chi connectivity index (χ0v) is 12.3. The molecule has 1 heterocycles. The summed E-state index contributed by atoms with van der Waals surface area (Å²) in [6.45, 7) is 4.22. The molecule has 2 atom stereocenters. The van der Waals surface area contributed by atoms with Gasteiger partial charge in [0.1, 0.15) is 0 Å². The SMILES string of the molecule is CCC1OCCC1CNS(=O)(=O)CCCCNC. The summed E-state index contributed by atoms with van der Waals surface area (Å²) < 4.78 is 31.8. The second-order valence-electron chi connectivity index (χ2n) is 4.84. The minimum absolute atomic E-state index is 0.219. The van der Waals surface area contributed by atoms with Gasteiger partial charge in [-0.3, -0.25) is 0 Å². The maximum atomic E-state index is 11.8. The number of ether oxygens (including phenoxy) is 1. The molecule has 0 saturated carbocycles. The van der Waals surface area contributed by atoms with Gasteiger partial charge in [-0.1, -0.05) is 6.92 Å². The van der Waals surface area contributed by atoms with Crippen molar-refractivity contribution in [1.29, 1.82) is 0 Å². The summed E-state index contributed by atoms with van der Waals surface area (Å²) in [5.74, 6) is 0.557. The maximum absolute atomic E-state index is 11.8. The highest BCUT2D eigenvalue weighted by Crippen LogP contribution is 2.22. The lowest BCUT2D eigenvalue weighted by atomic mass is 10.0. The number of nitrogens with one attached hydrogen (secondary N) is 2. The summed E-state index contributed by atoms with van der Waals surface area (Å²) in [6, 6.07) is 0. The zero-order chi connectivity index (χ0) is 13.4. The maximum Gasteiger partial charge on any atom is 0.211 e. The van der Waals surface area contributed by atoms with E-state index in [1.54, 1.807) is 0 Å². The minimum atomic E-state index is -3.11. The quantitative estimate of drug-likeness (QED) is 0.610. The molecule has 0 bridgehead atoms. The fourth-order valence-corrected chi connectivity index (χ4v) is 3.47. The van der Waals surface area contributed by atoms with Gasteiger partial charge in [-0.25, -0.2) is 13.1 Å². The molecule has 0 aliphatic carbocycles. The second-order valence-corrected chi connectivity index (χ2v) is 6.77. The molecule has 0 amide bonds. The van der Waals surface area contributed by atoms with Crippen molar-refractivity contribution in [2.45, 2.75) is 38.7 Å². The Morgan fingerprint density at radius 3 is 2.78 bits per heavy atom. The Balaban J connectivity index is 2.24. The van der Waals surface area contributed by atoms with Crippen LogP contribution in [-0.2, 0) is 14.8 Å². The van der Waals surface area contributed by atoms with Gasteiger partial charge in [-0.05, 0) is 39.3 Å². The molecule has 0 aromatic rings. The van der Waals surface area contributed by atoms with Crippen molar-refractivity contribution in [2.75, 3.05) is 32.5 Å². The van der Waals surface area contributed by atoms with Crippen LogP contribution in [0.2, 0.25) is 0 Å². The van der Waals surface area contributed by atoms with Crippen molar-refractivity contribution in [3.05, 3.63) is 0 Å². The Hall–Kier alpha value is -0.170. The molecule has 1 aliphatic heterocycles. The molecule has 0 aromatic heterocycles. The monoisotopic (exact) mass is 278 g/mol. The Morgan fingerprint density at radius 1 is 1.33 bits per heavy atom. The van der Waals surface area contributed by atoms with Crippen LogP contribution in [-0.4, -0.2) is 47.0 Å². The molecule has 0 radical (unpaired) electrons. The summed E-state index contributed by atoms with van der Waals surface area (Å²) in [4.78, 5) is 0. The van der Waals surface area contributed by atoms with E-state index in [2.05, 4.69) is 17.0 Å². The third-order valence-electron chi connectivity index (χ3n) is 3.40. The van der Waals surface area contributed by atoms with Crippen LogP contribution in [0.25, 0.3) is 0 Å². The van der Waals surface area contributed by atoms with E-state index in [1.807, 2.05) is 7.05 Å². The first-order valence-corrected chi connectivity index (χ1v) is 8.48. The molecule has 5 nitrogen and oxygen atoms in total. The fraction of sp³-hybridized carbons (Fsp3) is 1.00. The summed E-state index contributed by atoms with van der Waals surface area (Å²) >= 11 is 0. The molecule has 2 unspecified atom stereocenters. The van der Waals surface area contributed by atoms with Crippen LogP contribution in [0.3, 0.4) is 0 Å². The van der Waals surface area contributed by atoms with E-state index in [0.717, 1.165) is 32.4 Å². The number of rotatable bonds is 9. The van der Waals surface area contributed by atoms with Crippen LogP contribution >= 0.6 is 0 Å². The predicted molar refractivity (Wildman–Crippen MR) is 73.1 cm³/mol. The first kappa shape index (κ1) is 15.9. The smallest absolute Gasteiger partial charge is 0.211 e. The molecule has 6 heteroatoms. The Kier molecular flexibility index (Phi) is 7.14. The highest BCUT2D eigenvalue weighted by atomic mass is 32.2. The summed E-state index contributed by atoms with van der Waals surface area (Å²) in [5.41, 5.74) is 0. The first-order valence-electron chi connectivity index (χ1n) is 6.82. The van der Waals surface area contributed by atoms with Crippen molar-refractivity contribution in [2.24, 2.45) is 5.92 Å². The molecular formula is C12H26N2O3S. The predicted octanol–water partition coefficient (Wildman–Crippen LogP) is 0.721. The molecule has 0 aromatic carbocycles. The fourth-order valence-electron chi connectivity index (χ4n) is 2.28. The van der Waals surface area contributed by atoms with Gasteiger partial charge in [0.15, 0.2) is 0 Å². The standard InChI is InChI=1S/C12H26N2O3S/c1-3-12-11(6-8-17-12)10-14-18(15,16)9-5-4-7-13-2/h11-14H,3-10H2,1-2H3. The molecule has 1 rings (SSSR count). The molecule has 18 heavy (non-hydrogen) atoms. The van der Waals surface area contributed by atoms with Gasteiger partial charge < -0.3 is 10.1 Å². The van der Waals surface area contributed by atoms with E-state index >= 15 is 0 Å². The normalized spacial score (nSPS) is 24.6. The van der Waals surface area contributed by atoms with Crippen LogP contribution in [0.4, 0.5) is 0 Å². The van der Waals surface area contributed by atoms with E-state index in [-0.39, 0.29) is 11.9 Å². The van der Waals surface area contributed by atoms with Gasteiger partial charge >= 0.3 is 0 Å². The van der Waals surface area contributed by atoms with E-state index in [4.69, 9.17) is 4.74 Å². The van der Waals surface area contributed by atoms with Crippen molar-refractivity contribution >= 4 is 10.0 Å². The van der Waals surface area contributed by atoms with Crippen LogP contribution < -0.4 is 10.0 Å². The van der Waals surface area contributed by atoms with Gasteiger partial charge in [-0.15, -0.1) is 0 Å². The van der Waals surface area contributed by atoms with Gasteiger partial charge in [0.05, 0.1) is 11.9 Å². The molecule has 108 valence electrons.